The molecule has 0 fully saturated rings. The molecule has 1 unspecified atom stereocenters. The molecule has 0 spiro atoms. The fourth-order valence-corrected chi connectivity index (χ4v) is 0.530. The smallest absolute Gasteiger partial charge is 0.0665 e. The van der Waals surface area contributed by atoms with Crippen molar-refractivity contribution in [3.05, 3.63) is 0 Å². The second-order valence-corrected chi connectivity index (χ2v) is 4.49. The van der Waals surface area contributed by atoms with Crippen LogP contribution in [0.4, 0.5) is 0 Å². The Kier molecular flexibility index (Phi) is 2.38. The first-order valence-corrected chi connectivity index (χ1v) is 3.81. The van der Waals surface area contributed by atoms with E-state index in [-0.39, 0.29) is 0 Å². The van der Waals surface area contributed by atoms with Crippen molar-refractivity contribution in [2.24, 2.45) is 5.41 Å². The van der Waals surface area contributed by atoms with Gasteiger partial charge in [-0.3, -0.25) is 0 Å². The highest BCUT2D eigenvalue weighted by atomic mass is 14.3. The SMILES string of the molecule is BC(C)(CC)C(C)(C)C. The van der Waals surface area contributed by atoms with Crippen LogP contribution in [0.3, 0.4) is 0 Å². The maximum Gasteiger partial charge on any atom is 0.109 e. The molecule has 0 aliphatic rings. The van der Waals surface area contributed by atoms with Crippen molar-refractivity contribution in [2.75, 3.05) is 0 Å². The Labute approximate surface area is 60.4 Å². The second-order valence-electron chi connectivity index (χ2n) is 4.49. The summed E-state index contributed by atoms with van der Waals surface area (Å²) in [6.45, 7) is 11.5. The summed E-state index contributed by atoms with van der Waals surface area (Å²) in [6.07, 6.45) is 1.26. The first kappa shape index (κ1) is 9.06. The molecule has 0 radical (unpaired) electrons. The third-order valence-electron chi connectivity index (χ3n) is 2.91. The number of hydrogen-bond acceptors (Lipinski definition) is 0. The van der Waals surface area contributed by atoms with Gasteiger partial charge in [0.15, 0.2) is 0 Å². The summed E-state index contributed by atoms with van der Waals surface area (Å²) in [5.41, 5.74) is 0.446. The van der Waals surface area contributed by atoms with Gasteiger partial charge in [-0.05, 0) is 5.41 Å². The van der Waals surface area contributed by atoms with Crippen LogP contribution in [-0.2, 0) is 0 Å². The molecular formula is C8H19B. The van der Waals surface area contributed by atoms with Crippen molar-refractivity contribution in [2.45, 2.75) is 46.4 Å². The van der Waals surface area contributed by atoms with E-state index in [1.165, 1.54) is 6.42 Å². The first-order valence-electron chi connectivity index (χ1n) is 3.81. The van der Waals surface area contributed by atoms with Gasteiger partial charge >= 0.3 is 0 Å². The Bertz CT molecular complexity index is 87.2. The lowest BCUT2D eigenvalue weighted by Crippen LogP contribution is -2.25. The molecule has 0 aliphatic carbocycles. The highest BCUT2D eigenvalue weighted by Gasteiger charge is 2.30. The van der Waals surface area contributed by atoms with Gasteiger partial charge in [0.2, 0.25) is 0 Å². The van der Waals surface area contributed by atoms with E-state index in [1.807, 2.05) is 0 Å². The first-order chi connectivity index (χ1) is 3.81. The van der Waals surface area contributed by atoms with Gasteiger partial charge in [-0.25, -0.2) is 0 Å². The molecule has 0 saturated carbocycles. The molecule has 0 N–H and O–H groups in total. The monoisotopic (exact) mass is 126 g/mol. The third kappa shape index (κ3) is 2.04. The molecule has 0 heterocycles. The van der Waals surface area contributed by atoms with Crippen LogP contribution >= 0.6 is 0 Å². The lowest BCUT2D eigenvalue weighted by molar-refractivity contribution is 0.274. The minimum atomic E-state index is 0.446. The fourth-order valence-electron chi connectivity index (χ4n) is 0.530. The van der Waals surface area contributed by atoms with Crippen LogP contribution in [0.2, 0.25) is 5.31 Å². The molecule has 0 aromatic heterocycles. The Balaban J connectivity index is 4.14. The fraction of sp³-hybridized carbons (Fsp3) is 1.00. The van der Waals surface area contributed by atoms with Gasteiger partial charge in [-0.15, -0.1) is 0 Å². The summed E-state index contributed by atoms with van der Waals surface area (Å²) in [5.74, 6) is 0. The molecule has 0 bridgehead atoms. The summed E-state index contributed by atoms with van der Waals surface area (Å²) in [5, 5.41) is 0.479. The summed E-state index contributed by atoms with van der Waals surface area (Å²) in [4.78, 5) is 0. The molecule has 0 nitrogen and oxygen atoms in total. The number of hydrogen-bond donors (Lipinski definition) is 0. The van der Waals surface area contributed by atoms with Gasteiger partial charge in [-0.1, -0.05) is 46.4 Å². The van der Waals surface area contributed by atoms with Gasteiger partial charge in [0.25, 0.3) is 0 Å². The van der Waals surface area contributed by atoms with Crippen LogP contribution < -0.4 is 0 Å². The van der Waals surface area contributed by atoms with Gasteiger partial charge < -0.3 is 0 Å². The maximum absolute atomic E-state index is 2.33. The standard InChI is InChI=1S/C8H19B/c1-6-8(5,9)7(2,3)4/h6,9H2,1-5H3. The largest absolute Gasteiger partial charge is 0.109 e. The second kappa shape index (κ2) is 2.36. The van der Waals surface area contributed by atoms with E-state index in [0.29, 0.717) is 10.7 Å². The van der Waals surface area contributed by atoms with Crippen LogP contribution in [0.1, 0.15) is 41.0 Å². The van der Waals surface area contributed by atoms with Crippen LogP contribution in [0, 0.1) is 5.41 Å². The highest BCUT2D eigenvalue weighted by molar-refractivity contribution is 6.15. The van der Waals surface area contributed by atoms with E-state index in [0.717, 1.165) is 0 Å². The number of rotatable bonds is 1. The molecule has 0 saturated heterocycles. The molecule has 0 aromatic carbocycles. The molecule has 0 aromatic rings. The van der Waals surface area contributed by atoms with E-state index in [2.05, 4.69) is 42.5 Å². The normalized spacial score (nSPS) is 19.2. The topological polar surface area (TPSA) is 0 Å². The maximum atomic E-state index is 2.33. The van der Waals surface area contributed by atoms with Crippen molar-refractivity contribution >= 4 is 7.85 Å². The molecule has 54 valence electrons. The predicted octanol–water partition coefficient (Wildman–Crippen LogP) is 2.25. The van der Waals surface area contributed by atoms with Crippen molar-refractivity contribution in [1.82, 2.24) is 0 Å². The molecular weight excluding hydrogens is 107 g/mol. The lowest BCUT2D eigenvalue weighted by atomic mass is 9.54. The van der Waals surface area contributed by atoms with Crippen LogP contribution in [-0.4, -0.2) is 7.85 Å². The van der Waals surface area contributed by atoms with E-state index >= 15 is 0 Å². The van der Waals surface area contributed by atoms with E-state index in [4.69, 9.17) is 0 Å². The van der Waals surface area contributed by atoms with Crippen LogP contribution in [0.25, 0.3) is 0 Å². The Morgan fingerprint density at radius 3 is 1.44 bits per heavy atom. The Morgan fingerprint density at radius 2 is 1.44 bits per heavy atom. The molecule has 0 rings (SSSR count). The zero-order valence-electron chi connectivity index (χ0n) is 7.71. The van der Waals surface area contributed by atoms with Crippen molar-refractivity contribution < 1.29 is 0 Å². The zero-order chi connectivity index (χ0) is 7.71. The van der Waals surface area contributed by atoms with Gasteiger partial charge in [0.1, 0.15) is 7.85 Å². The van der Waals surface area contributed by atoms with Crippen LogP contribution in [0.15, 0.2) is 0 Å². The lowest BCUT2D eigenvalue weighted by Gasteiger charge is -2.38. The summed E-state index contributed by atoms with van der Waals surface area (Å²) < 4.78 is 0. The molecule has 0 amide bonds. The molecule has 1 atom stereocenters. The molecule has 0 aliphatic heterocycles. The van der Waals surface area contributed by atoms with Crippen LogP contribution in [0.5, 0.6) is 0 Å². The Morgan fingerprint density at radius 1 is 1.11 bits per heavy atom. The van der Waals surface area contributed by atoms with Crippen molar-refractivity contribution in [3.8, 4) is 0 Å². The van der Waals surface area contributed by atoms with Gasteiger partial charge in [-0.2, -0.15) is 0 Å². The average Bonchev–Trinajstić information content (AvgIpc) is 1.64. The summed E-state index contributed by atoms with van der Waals surface area (Å²) in [7, 11) is 2.33. The van der Waals surface area contributed by atoms with Gasteiger partial charge in [0, 0.05) is 0 Å². The highest BCUT2D eigenvalue weighted by Crippen LogP contribution is 2.44. The van der Waals surface area contributed by atoms with Crippen molar-refractivity contribution in [3.63, 3.8) is 0 Å². The Hall–Kier alpha value is 0.0649. The quantitative estimate of drug-likeness (QED) is 0.472. The molecule has 1 heteroatoms. The zero-order valence-corrected chi connectivity index (χ0v) is 7.71. The summed E-state index contributed by atoms with van der Waals surface area (Å²) in [6, 6.07) is 0. The van der Waals surface area contributed by atoms with E-state index in [1.54, 1.807) is 0 Å². The summed E-state index contributed by atoms with van der Waals surface area (Å²) >= 11 is 0. The minimum absolute atomic E-state index is 0.446. The average molecular weight is 126 g/mol. The van der Waals surface area contributed by atoms with Crippen molar-refractivity contribution in [1.29, 1.82) is 0 Å². The van der Waals surface area contributed by atoms with E-state index < -0.39 is 0 Å². The third-order valence-corrected chi connectivity index (χ3v) is 2.91. The molecule has 9 heavy (non-hydrogen) atoms. The minimum Gasteiger partial charge on any atom is -0.0665 e. The predicted molar refractivity (Wildman–Crippen MR) is 46.7 cm³/mol. The van der Waals surface area contributed by atoms with E-state index in [9.17, 15) is 0 Å². The van der Waals surface area contributed by atoms with Gasteiger partial charge in [0.05, 0.1) is 0 Å².